The summed E-state index contributed by atoms with van der Waals surface area (Å²) in [6.07, 6.45) is 5.98. The van der Waals surface area contributed by atoms with Gasteiger partial charge in [0.05, 0.1) is 30.7 Å². The third-order valence-electron chi connectivity index (χ3n) is 5.38. The summed E-state index contributed by atoms with van der Waals surface area (Å²) in [5.41, 5.74) is 10.00. The van der Waals surface area contributed by atoms with Crippen LogP contribution in [0.15, 0.2) is 42.9 Å². The minimum Gasteiger partial charge on any atom is -0.493 e. The van der Waals surface area contributed by atoms with Crippen LogP contribution in [0.1, 0.15) is 11.3 Å². The summed E-state index contributed by atoms with van der Waals surface area (Å²) < 4.78 is 11.2. The number of ether oxygens (including phenoxy) is 2. The first kappa shape index (κ1) is 19.0. The maximum Gasteiger partial charge on any atom is 0.228 e. The summed E-state index contributed by atoms with van der Waals surface area (Å²) in [5.74, 6) is 2.37. The normalized spacial score (nSPS) is 13.2. The molecule has 0 saturated heterocycles. The average Bonchev–Trinajstić information content (AvgIpc) is 2.82. The first-order valence-corrected chi connectivity index (χ1v) is 9.87. The minimum atomic E-state index is 0.334. The van der Waals surface area contributed by atoms with Crippen molar-refractivity contribution in [2.45, 2.75) is 13.0 Å². The largest absolute Gasteiger partial charge is 0.493 e. The van der Waals surface area contributed by atoms with Gasteiger partial charge in [0.2, 0.25) is 5.95 Å². The fourth-order valence-corrected chi connectivity index (χ4v) is 3.94. The highest BCUT2D eigenvalue weighted by Gasteiger charge is 2.25. The van der Waals surface area contributed by atoms with Crippen LogP contribution in [0.3, 0.4) is 0 Å². The number of hydrogen-bond donors (Lipinski definition) is 1. The number of benzene rings is 1. The number of methoxy groups -OCH3 is 2. The van der Waals surface area contributed by atoms with Crippen molar-refractivity contribution in [3.8, 4) is 22.9 Å². The van der Waals surface area contributed by atoms with E-state index in [1.54, 1.807) is 32.7 Å². The van der Waals surface area contributed by atoms with Gasteiger partial charge in [0.15, 0.2) is 17.3 Å². The van der Waals surface area contributed by atoms with Crippen LogP contribution >= 0.6 is 0 Å². The van der Waals surface area contributed by atoms with E-state index in [2.05, 4.69) is 30.9 Å². The number of fused-ring (bicyclic) bond motifs is 2. The van der Waals surface area contributed by atoms with Crippen LogP contribution < -0.4 is 20.1 Å². The highest BCUT2D eigenvalue weighted by atomic mass is 16.5. The standard InChI is InChI=1S/C22H21N7O2/c1-30-16-11-15-17(18(19(16)31-2)21-25-8-4-9-26-21)20(23)28-22(27-15)29-10-6-14-13(12-29)5-3-7-24-14/h3-5,7-9,11H,6,10,12H2,1-2H3,(H2,23,27,28). The summed E-state index contributed by atoms with van der Waals surface area (Å²) in [6, 6.07) is 7.58. The van der Waals surface area contributed by atoms with Gasteiger partial charge < -0.3 is 20.1 Å². The predicted octanol–water partition coefficient (Wildman–Crippen LogP) is 2.64. The average molecular weight is 415 g/mol. The van der Waals surface area contributed by atoms with Crippen molar-refractivity contribution in [2.75, 3.05) is 31.4 Å². The lowest BCUT2D eigenvalue weighted by atomic mass is 10.0. The highest BCUT2D eigenvalue weighted by Crippen LogP contribution is 2.44. The van der Waals surface area contributed by atoms with Crippen LogP contribution in [0.4, 0.5) is 11.8 Å². The Morgan fingerprint density at radius 3 is 2.58 bits per heavy atom. The maximum atomic E-state index is 6.47. The van der Waals surface area contributed by atoms with E-state index in [1.807, 2.05) is 18.3 Å². The number of anilines is 2. The topological polar surface area (TPSA) is 112 Å². The summed E-state index contributed by atoms with van der Waals surface area (Å²) in [7, 11) is 3.15. The zero-order valence-corrected chi connectivity index (χ0v) is 17.2. The van der Waals surface area contributed by atoms with E-state index in [0.717, 1.165) is 18.7 Å². The molecule has 9 heteroatoms. The van der Waals surface area contributed by atoms with Crippen LogP contribution in [0, 0.1) is 0 Å². The van der Waals surface area contributed by atoms with Gasteiger partial charge in [-0.15, -0.1) is 0 Å². The fourth-order valence-electron chi connectivity index (χ4n) is 3.94. The highest BCUT2D eigenvalue weighted by molar-refractivity contribution is 6.04. The van der Waals surface area contributed by atoms with E-state index >= 15 is 0 Å². The molecule has 0 fully saturated rings. The van der Waals surface area contributed by atoms with Gasteiger partial charge in [-0.2, -0.15) is 4.98 Å². The number of rotatable bonds is 4. The molecule has 156 valence electrons. The Labute approximate surface area is 178 Å². The van der Waals surface area contributed by atoms with Gasteiger partial charge in [0.1, 0.15) is 5.82 Å². The molecule has 1 aromatic carbocycles. The molecular weight excluding hydrogens is 394 g/mol. The molecule has 0 unspecified atom stereocenters. The van der Waals surface area contributed by atoms with Crippen LogP contribution in [0.25, 0.3) is 22.3 Å². The maximum absolute atomic E-state index is 6.47. The summed E-state index contributed by atoms with van der Waals surface area (Å²) in [5, 5.41) is 0.631. The molecule has 0 bridgehead atoms. The van der Waals surface area contributed by atoms with E-state index in [1.165, 1.54) is 5.56 Å². The molecule has 5 rings (SSSR count). The second-order valence-corrected chi connectivity index (χ2v) is 7.14. The Balaban J connectivity index is 1.69. The molecule has 9 nitrogen and oxygen atoms in total. The Bertz CT molecular complexity index is 1260. The van der Waals surface area contributed by atoms with E-state index in [4.69, 9.17) is 20.2 Å². The minimum absolute atomic E-state index is 0.334. The Hall–Kier alpha value is -4.01. The van der Waals surface area contributed by atoms with Crippen molar-refractivity contribution >= 4 is 22.7 Å². The van der Waals surface area contributed by atoms with Crippen LogP contribution in [-0.4, -0.2) is 45.7 Å². The molecule has 1 aliphatic heterocycles. The lowest BCUT2D eigenvalue weighted by Crippen LogP contribution is -2.32. The number of nitrogens with two attached hydrogens (primary N) is 1. The van der Waals surface area contributed by atoms with Gasteiger partial charge in [0, 0.05) is 49.9 Å². The molecule has 2 N–H and O–H groups in total. The molecule has 0 spiro atoms. The van der Waals surface area contributed by atoms with Crippen molar-refractivity contribution in [3.05, 3.63) is 54.1 Å². The van der Waals surface area contributed by atoms with Gasteiger partial charge in [-0.1, -0.05) is 6.07 Å². The second-order valence-electron chi connectivity index (χ2n) is 7.14. The molecule has 31 heavy (non-hydrogen) atoms. The molecule has 0 amide bonds. The molecule has 4 heterocycles. The number of hydrogen-bond acceptors (Lipinski definition) is 9. The van der Waals surface area contributed by atoms with Crippen LogP contribution in [0.5, 0.6) is 11.5 Å². The van der Waals surface area contributed by atoms with Crippen molar-refractivity contribution < 1.29 is 9.47 Å². The quantitative estimate of drug-likeness (QED) is 0.537. The summed E-state index contributed by atoms with van der Waals surface area (Å²) in [4.78, 5) is 24.8. The smallest absolute Gasteiger partial charge is 0.228 e. The van der Waals surface area contributed by atoms with Gasteiger partial charge in [-0.3, -0.25) is 4.98 Å². The molecule has 0 radical (unpaired) electrons. The number of nitrogen functional groups attached to an aromatic ring is 1. The Morgan fingerprint density at radius 2 is 1.81 bits per heavy atom. The van der Waals surface area contributed by atoms with Gasteiger partial charge in [-0.05, 0) is 17.7 Å². The van der Waals surface area contributed by atoms with Crippen molar-refractivity contribution in [1.29, 1.82) is 0 Å². The van der Waals surface area contributed by atoms with E-state index < -0.39 is 0 Å². The summed E-state index contributed by atoms with van der Waals surface area (Å²) >= 11 is 0. The van der Waals surface area contributed by atoms with Gasteiger partial charge >= 0.3 is 0 Å². The lowest BCUT2D eigenvalue weighted by Gasteiger charge is -2.28. The lowest BCUT2D eigenvalue weighted by molar-refractivity contribution is 0.356. The van der Waals surface area contributed by atoms with Gasteiger partial charge in [0.25, 0.3) is 0 Å². The SMILES string of the molecule is COc1cc2nc(N3CCc4ncccc4C3)nc(N)c2c(-c2ncccn2)c1OC. The number of aromatic nitrogens is 5. The van der Waals surface area contributed by atoms with E-state index in [9.17, 15) is 0 Å². The molecule has 0 aliphatic carbocycles. The third kappa shape index (κ3) is 3.24. The van der Waals surface area contributed by atoms with Crippen molar-refractivity contribution in [3.63, 3.8) is 0 Å². The predicted molar refractivity (Wildman–Crippen MR) is 117 cm³/mol. The van der Waals surface area contributed by atoms with E-state index in [0.29, 0.717) is 52.1 Å². The van der Waals surface area contributed by atoms with Crippen LogP contribution in [0.2, 0.25) is 0 Å². The zero-order chi connectivity index (χ0) is 21.4. The number of nitrogens with zero attached hydrogens (tertiary/aromatic N) is 6. The van der Waals surface area contributed by atoms with Crippen LogP contribution in [-0.2, 0) is 13.0 Å². The Morgan fingerprint density at radius 1 is 1.00 bits per heavy atom. The zero-order valence-electron chi connectivity index (χ0n) is 17.2. The monoisotopic (exact) mass is 415 g/mol. The van der Waals surface area contributed by atoms with Crippen molar-refractivity contribution in [2.24, 2.45) is 0 Å². The third-order valence-corrected chi connectivity index (χ3v) is 5.38. The molecule has 0 saturated carbocycles. The molecule has 3 aromatic heterocycles. The first-order valence-electron chi connectivity index (χ1n) is 9.87. The van der Waals surface area contributed by atoms with Crippen molar-refractivity contribution in [1.82, 2.24) is 24.9 Å². The molecule has 4 aromatic rings. The molecule has 0 atom stereocenters. The second kappa shape index (κ2) is 7.67. The molecular formula is C22H21N7O2. The summed E-state index contributed by atoms with van der Waals surface area (Å²) in [6.45, 7) is 1.44. The number of pyridine rings is 1. The van der Waals surface area contributed by atoms with Gasteiger partial charge in [-0.25, -0.2) is 15.0 Å². The molecule has 1 aliphatic rings. The Kier molecular flexibility index (Phi) is 4.70. The fraction of sp³-hybridized carbons (Fsp3) is 0.227. The van der Waals surface area contributed by atoms with E-state index in [-0.39, 0.29) is 0 Å². The first-order chi connectivity index (χ1) is 15.2.